The second-order valence-corrected chi connectivity index (χ2v) is 5.82. The zero-order chi connectivity index (χ0) is 13.7. The van der Waals surface area contributed by atoms with Crippen LogP contribution in [0.3, 0.4) is 0 Å². The average molecular weight is 326 g/mol. The van der Waals surface area contributed by atoms with Gasteiger partial charge in [-0.05, 0) is 42.4 Å². The lowest BCUT2D eigenvalue weighted by molar-refractivity contribution is -0.121. The lowest BCUT2D eigenvalue weighted by atomic mass is 10.1. The van der Waals surface area contributed by atoms with Crippen molar-refractivity contribution in [3.05, 3.63) is 29.8 Å². The molecule has 0 aromatic heterocycles. The van der Waals surface area contributed by atoms with Gasteiger partial charge in [0.1, 0.15) is 5.75 Å². The quantitative estimate of drug-likeness (QED) is 0.783. The van der Waals surface area contributed by atoms with Crippen LogP contribution in [-0.4, -0.2) is 24.9 Å². The number of halogens is 1. The van der Waals surface area contributed by atoms with Crippen molar-refractivity contribution in [3.63, 3.8) is 0 Å². The van der Waals surface area contributed by atoms with Crippen LogP contribution < -0.4 is 10.1 Å². The Morgan fingerprint density at radius 1 is 1.37 bits per heavy atom. The van der Waals surface area contributed by atoms with Gasteiger partial charge < -0.3 is 10.1 Å². The van der Waals surface area contributed by atoms with Crippen molar-refractivity contribution < 1.29 is 9.53 Å². The summed E-state index contributed by atoms with van der Waals surface area (Å²) in [6, 6.07) is 7.87. The van der Waals surface area contributed by atoms with Crippen molar-refractivity contribution in [1.29, 1.82) is 0 Å². The molecule has 1 aliphatic rings. The Labute approximate surface area is 122 Å². The van der Waals surface area contributed by atoms with Gasteiger partial charge in [-0.15, -0.1) is 0 Å². The zero-order valence-electron chi connectivity index (χ0n) is 11.2. The Hall–Kier alpha value is -1.03. The van der Waals surface area contributed by atoms with Crippen LogP contribution in [0.5, 0.6) is 5.75 Å². The van der Waals surface area contributed by atoms with E-state index in [9.17, 15) is 4.79 Å². The van der Waals surface area contributed by atoms with Crippen molar-refractivity contribution >= 4 is 21.8 Å². The maximum absolute atomic E-state index is 11.8. The normalized spacial score (nSPS) is 15.9. The van der Waals surface area contributed by atoms with Gasteiger partial charge in [-0.2, -0.15) is 0 Å². The molecule has 1 fully saturated rings. The van der Waals surface area contributed by atoms with Crippen LogP contribution in [0.4, 0.5) is 0 Å². The molecule has 0 saturated heterocycles. The van der Waals surface area contributed by atoms with Crippen LogP contribution in [0.15, 0.2) is 24.3 Å². The topological polar surface area (TPSA) is 38.3 Å². The molecule has 1 N–H and O–H groups in total. The van der Waals surface area contributed by atoms with Gasteiger partial charge in [0.2, 0.25) is 5.91 Å². The molecule has 0 bridgehead atoms. The van der Waals surface area contributed by atoms with Gasteiger partial charge in [-0.1, -0.05) is 28.1 Å². The van der Waals surface area contributed by atoms with Crippen LogP contribution in [0.25, 0.3) is 0 Å². The standard InChI is InChI=1S/C15H20BrNO2/c1-19-13-5-2-12(3-6-13)4-7-14(18)17-11-15(10-16)8-9-15/h2-3,5-6H,4,7-11H2,1H3,(H,17,18). The van der Waals surface area contributed by atoms with Crippen molar-refractivity contribution in [1.82, 2.24) is 5.32 Å². The molecular formula is C15H20BrNO2. The smallest absolute Gasteiger partial charge is 0.220 e. The minimum Gasteiger partial charge on any atom is -0.497 e. The monoisotopic (exact) mass is 325 g/mol. The number of ether oxygens (including phenoxy) is 1. The highest BCUT2D eigenvalue weighted by molar-refractivity contribution is 9.09. The lowest BCUT2D eigenvalue weighted by Gasteiger charge is -2.12. The minimum absolute atomic E-state index is 0.142. The highest BCUT2D eigenvalue weighted by Crippen LogP contribution is 2.46. The predicted octanol–water partition coefficient (Wildman–Crippen LogP) is 2.92. The molecule has 1 aromatic carbocycles. The second-order valence-electron chi connectivity index (χ2n) is 5.26. The fourth-order valence-corrected chi connectivity index (χ4v) is 2.72. The molecule has 1 aromatic rings. The molecule has 19 heavy (non-hydrogen) atoms. The van der Waals surface area contributed by atoms with E-state index in [4.69, 9.17) is 4.74 Å². The Balaban J connectivity index is 1.70. The predicted molar refractivity (Wildman–Crippen MR) is 79.8 cm³/mol. The summed E-state index contributed by atoms with van der Waals surface area (Å²) in [4.78, 5) is 11.8. The van der Waals surface area contributed by atoms with Gasteiger partial charge in [0.25, 0.3) is 0 Å². The van der Waals surface area contributed by atoms with Crippen molar-refractivity contribution in [3.8, 4) is 5.75 Å². The number of hydrogen-bond acceptors (Lipinski definition) is 2. The number of carbonyl (C=O) groups excluding carboxylic acids is 1. The third-order valence-electron chi connectivity index (χ3n) is 3.70. The third-order valence-corrected chi connectivity index (χ3v) is 4.89. The van der Waals surface area contributed by atoms with E-state index in [1.54, 1.807) is 7.11 Å². The third kappa shape index (κ3) is 4.23. The van der Waals surface area contributed by atoms with E-state index in [2.05, 4.69) is 21.2 Å². The molecule has 0 heterocycles. The van der Waals surface area contributed by atoms with Gasteiger partial charge in [-0.25, -0.2) is 0 Å². The van der Waals surface area contributed by atoms with E-state index in [0.29, 0.717) is 11.8 Å². The number of amides is 1. The molecular weight excluding hydrogens is 306 g/mol. The summed E-state index contributed by atoms with van der Waals surface area (Å²) in [6.07, 6.45) is 3.76. The number of rotatable bonds is 7. The molecule has 1 saturated carbocycles. The molecule has 3 nitrogen and oxygen atoms in total. The number of hydrogen-bond donors (Lipinski definition) is 1. The first-order valence-corrected chi connectivity index (χ1v) is 7.75. The maximum atomic E-state index is 11.8. The lowest BCUT2D eigenvalue weighted by Crippen LogP contribution is -2.31. The first-order chi connectivity index (χ1) is 9.17. The molecule has 1 amide bonds. The second kappa shape index (κ2) is 6.42. The Morgan fingerprint density at radius 3 is 2.58 bits per heavy atom. The number of aryl methyl sites for hydroxylation is 1. The maximum Gasteiger partial charge on any atom is 0.220 e. The Morgan fingerprint density at radius 2 is 2.05 bits per heavy atom. The average Bonchev–Trinajstić information content (AvgIpc) is 3.24. The Bertz CT molecular complexity index is 426. The molecule has 104 valence electrons. The molecule has 0 aliphatic heterocycles. The summed E-state index contributed by atoms with van der Waals surface area (Å²) in [5, 5.41) is 4.02. The van der Waals surface area contributed by atoms with E-state index in [1.807, 2.05) is 24.3 Å². The largest absolute Gasteiger partial charge is 0.497 e. The minimum atomic E-state index is 0.142. The van der Waals surface area contributed by atoms with Gasteiger partial charge in [0, 0.05) is 18.3 Å². The number of benzene rings is 1. The summed E-state index contributed by atoms with van der Waals surface area (Å²) in [5.74, 6) is 0.990. The van der Waals surface area contributed by atoms with Crippen LogP contribution in [0.1, 0.15) is 24.8 Å². The molecule has 4 heteroatoms. The first-order valence-electron chi connectivity index (χ1n) is 6.63. The van der Waals surface area contributed by atoms with E-state index in [-0.39, 0.29) is 5.91 Å². The fourth-order valence-electron chi connectivity index (χ4n) is 1.96. The number of methoxy groups -OCH3 is 1. The van der Waals surface area contributed by atoms with E-state index in [0.717, 1.165) is 29.6 Å². The summed E-state index contributed by atoms with van der Waals surface area (Å²) >= 11 is 3.51. The summed E-state index contributed by atoms with van der Waals surface area (Å²) in [6.45, 7) is 0.805. The van der Waals surface area contributed by atoms with Crippen LogP contribution in [0, 0.1) is 5.41 Å². The van der Waals surface area contributed by atoms with E-state index < -0.39 is 0 Å². The van der Waals surface area contributed by atoms with Crippen LogP contribution in [-0.2, 0) is 11.2 Å². The summed E-state index contributed by atoms with van der Waals surface area (Å²) in [7, 11) is 1.65. The van der Waals surface area contributed by atoms with Crippen molar-refractivity contribution in [2.45, 2.75) is 25.7 Å². The highest BCUT2D eigenvalue weighted by Gasteiger charge is 2.41. The van der Waals surface area contributed by atoms with Gasteiger partial charge in [0.05, 0.1) is 7.11 Å². The van der Waals surface area contributed by atoms with Gasteiger partial charge in [-0.3, -0.25) is 4.79 Å². The number of alkyl halides is 1. The molecule has 0 radical (unpaired) electrons. The number of carbonyl (C=O) groups is 1. The number of nitrogens with one attached hydrogen (secondary N) is 1. The molecule has 2 rings (SSSR count). The zero-order valence-corrected chi connectivity index (χ0v) is 12.8. The fraction of sp³-hybridized carbons (Fsp3) is 0.533. The summed E-state index contributed by atoms with van der Waals surface area (Å²) in [5.41, 5.74) is 1.51. The van der Waals surface area contributed by atoms with Gasteiger partial charge >= 0.3 is 0 Å². The van der Waals surface area contributed by atoms with Gasteiger partial charge in [0.15, 0.2) is 0 Å². The molecule has 0 atom stereocenters. The van der Waals surface area contributed by atoms with E-state index >= 15 is 0 Å². The highest BCUT2D eigenvalue weighted by atomic mass is 79.9. The molecule has 0 spiro atoms. The van der Waals surface area contributed by atoms with Crippen molar-refractivity contribution in [2.75, 3.05) is 19.0 Å². The first kappa shape index (κ1) is 14.4. The van der Waals surface area contributed by atoms with E-state index in [1.165, 1.54) is 12.8 Å². The molecule has 0 unspecified atom stereocenters. The van der Waals surface area contributed by atoms with Crippen molar-refractivity contribution in [2.24, 2.45) is 5.41 Å². The Kier molecular flexibility index (Phi) is 4.86. The van der Waals surface area contributed by atoms with Crippen LogP contribution >= 0.6 is 15.9 Å². The summed E-state index contributed by atoms with van der Waals surface area (Å²) < 4.78 is 5.11. The van der Waals surface area contributed by atoms with Crippen LogP contribution in [0.2, 0.25) is 0 Å². The molecule has 1 aliphatic carbocycles. The SMILES string of the molecule is COc1ccc(CCC(=O)NCC2(CBr)CC2)cc1.